The van der Waals surface area contributed by atoms with Crippen molar-refractivity contribution in [3.8, 4) is 0 Å². The number of aromatic amines is 1. The highest BCUT2D eigenvalue weighted by molar-refractivity contribution is 5.97. The first-order valence-corrected chi connectivity index (χ1v) is 7.48. The number of rotatable bonds is 2. The summed E-state index contributed by atoms with van der Waals surface area (Å²) in [6.45, 7) is 4.28. The van der Waals surface area contributed by atoms with Crippen LogP contribution in [0.25, 0.3) is 0 Å². The molecule has 2 heterocycles. The number of H-pyrrole nitrogens is 1. The van der Waals surface area contributed by atoms with Gasteiger partial charge in [-0.3, -0.25) is 4.79 Å². The number of carbonyl (C=O) groups is 2. The predicted molar refractivity (Wildman–Crippen MR) is 83.9 cm³/mol. The Morgan fingerprint density at radius 3 is 2.78 bits per heavy atom. The van der Waals surface area contributed by atoms with Gasteiger partial charge in [-0.1, -0.05) is 6.07 Å². The van der Waals surface area contributed by atoms with Crippen molar-refractivity contribution < 1.29 is 14.3 Å². The smallest absolute Gasteiger partial charge is 0.329 e. The van der Waals surface area contributed by atoms with Gasteiger partial charge in [0.05, 0.1) is 31.4 Å². The third kappa shape index (κ3) is 2.72. The molecule has 1 atom stereocenters. The fourth-order valence-corrected chi connectivity index (χ4v) is 2.84. The number of aromatic nitrogens is 2. The van der Waals surface area contributed by atoms with Crippen molar-refractivity contribution in [2.24, 2.45) is 0 Å². The van der Waals surface area contributed by atoms with Crippen LogP contribution in [0.5, 0.6) is 0 Å². The van der Waals surface area contributed by atoms with Gasteiger partial charge in [0.2, 0.25) is 0 Å². The van der Waals surface area contributed by atoms with E-state index in [-0.39, 0.29) is 5.91 Å². The quantitative estimate of drug-likeness (QED) is 0.857. The number of methoxy groups -OCH3 is 1. The first kappa shape index (κ1) is 15.3. The number of ether oxygens (including phenoxy) is 1. The van der Waals surface area contributed by atoms with Crippen molar-refractivity contribution in [3.63, 3.8) is 0 Å². The molecule has 23 heavy (non-hydrogen) atoms. The molecule has 0 radical (unpaired) electrons. The summed E-state index contributed by atoms with van der Waals surface area (Å²) in [4.78, 5) is 33.8. The van der Waals surface area contributed by atoms with E-state index in [0.29, 0.717) is 18.5 Å². The Kier molecular flexibility index (Phi) is 3.90. The SMILES string of the molecule is COC(=O)C1Cc2nc[nH]c2CN1C(=O)c1ccc(C)c(C)c1. The highest BCUT2D eigenvalue weighted by atomic mass is 16.5. The molecule has 1 aliphatic rings. The lowest BCUT2D eigenvalue weighted by Gasteiger charge is -2.33. The molecule has 3 rings (SSSR count). The minimum atomic E-state index is -0.648. The van der Waals surface area contributed by atoms with Crippen LogP contribution in [0.3, 0.4) is 0 Å². The van der Waals surface area contributed by atoms with Crippen molar-refractivity contribution in [2.45, 2.75) is 32.9 Å². The molecule has 6 heteroatoms. The summed E-state index contributed by atoms with van der Waals surface area (Å²) in [6, 6.07) is 4.92. The number of amides is 1. The first-order valence-electron chi connectivity index (χ1n) is 7.48. The molecule has 1 amide bonds. The number of carbonyl (C=O) groups excluding carboxylic acids is 2. The zero-order chi connectivity index (χ0) is 16.6. The Labute approximate surface area is 134 Å². The largest absolute Gasteiger partial charge is 0.467 e. The molecule has 0 saturated carbocycles. The van der Waals surface area contributed by atoms with Gasteiger partial charge in [0.1, 0.15) is 6.04 Å². The standard InChI is InChI=1S/C17H19N3O3/c1-10-4-5-12(6-11(10)2)16(21)20-8-14-13(18-9-19-14)7-15(20)17(22)23-3/h4-6,9,15H,7-8H2,1-3H3,(H,18,19). The maximum absolute atomic E-state index is 12.9. The highest BCUT2D eigenvalue weighted by Gasteiger charge is 2.37. The number of esters is 1. The summed E-state index contributed by atoms with van der Waals surface area (Å²) in [5.74, 6) is -0.598. The summed E-state index contributed by atoms with van der Waals surface area (Å²) < 4.78 is 4.87. The molecule has 1 unspecified atom stereocenters. The zero-order valence-electron chi connectivity index (χ0n) is 13.4. The third-order valence-corrected chi connectivity index (χ3v) is 4.39. The van der Waals surface area contributed by atoms with Gasteiger partial charge in [-0.05, 0) is 37.1 Å². The van der Waals surface area contributed by atoms with Gasteiger partial charge in [0, 0.05) is 12.0 Å². The number of aryl methyl sites for hydroxylation is 2. The molecule has 1 aliphatic heterocycles. The van der Waals surface area contributed by atoms with Crippen LogP contribution in [0.2, 0.25) is 0 Å². The van der Waals surface area contributed by atoms with E-state index < -0.39 is 12.0 Å². The second kappa shape index (κ2) is 5.87. The Hall–Kier alpha value is -2.63. The van der Waals surface area contributed by atoms with E-state index in [2.05, 4.69) is 9.97 Å². The van der Waals surface area contributed by atoms with E-state index >= 15 is 0 Å². The molecule has 1 N–H and O–H groups in total. The van der Waals surface area contributed by atoms with Gasteiger partial charge in [-0.25, -0.2) is 9.78 Å². The molecule has 0 aliphatic carbocycles. The lowest BCUT2D eigenvalue weighted by atomic mass is 10.00. The summed E-state index contributed by atoms with van der Waals surface area (Å²) in [5.41, 5.74) is 4.42. The van der Waals surface area contributed by atoms with E-state index in [1.54, 1.807) is 17.3 Å². The van der Waals surface area contributed by atoms with Gasteiger partial charge in [-0.15, -0.1) is 0 Å². The van der Waals surface area contributed by atoms with Crippen molar-refractivity contribution in [1.29, 1.82) is 0 Å². The summed E-state index contributed by atoms with van der Waals surface area (Å²) in [5, 5.41) is 0. The fourth-order valence-electron chi connectivity index (χ4n) is 2.84. The van der Waals surface area contributed by atoms with E-state index in [0.717, 1.165) is 22.5 Å². The minimum absolute atomic E-state index is 0.177. The zero-order valence-corrected chi connectivity index (χ0v) is 13.4. The second-order valence-corrected chi connectivity index (χ2v) is 5.80. The molecule has 0 fully saturated rings. The lowest BCUT2D eigenvalue weighted by molar-refractivity contribution is -0.146. The van der Waals surface area contributed by atoms with Crippen LogP contribution in [-0.4, -0.2) is 39.9 Å². The van der Waals surface area contributed by atoms with Crippen LogP contribution in [-0.2, 0) is 22.5 Å². The first-order chi connectivity index (χ1) is 11.0. The Morgan fingerprint density at radius 2 is 2.09 bits per heavy atom. The van der Waals surface area contributed by atoms with Gasteiger partial charge in [-0.2, -0.15) is 0 Å². The van der Waals surface area contributed by atoms with E-state index in [9.17, 15) is 9.59 Å². The van der Waals surface area contributed by atoms with Crippen LogP contribution < -0.4 is 0 Å². The molecule has 6 nitrogen and oxygen atoms in total. The molecule has 2 aromatic rings. The average molecular weight is 313 g/mol. The van der Waals surface area contributed by atoms with Gasteiger partial charge in [0.15, 0.2) is 0 Å². The van der Waals surface area contributed by atoms with Crippen LogP contribution in [0.1, 0.15) is 32.9 Å². The molecule has 0 spiro atoms. The predicted octanol–water partition coefficient (Wildman–Crippen LogP) is 1.77. The van der Waals surface area contributed by atoms with E-state index in [1.165, 1.54) is 7.11 Å². The number of nitrogens with zero attached hydrogens (tertiary/aromatic N) is 2. The van der Waals surface area contributed by atoms with Crippen LogP contribution >= 0.6 is 0 Å². The molecule has 120 valence electrons. The number of hydrogen-bond donors (Lipinski definition) is 1. The second-order valence-electron chi connectivity index (χ2n) is 5.80. The van der Waals surface area contributed by atoms with Gasteiger partial charge >= 0.3 is 5.97 Å². The number of nitrogens with one attached hydrogen (secondary N) is 1. The number of imidazole rings is 1. The van der Waals surface area contributed by atoms with Gasteiger partial charge in [0.25, 0.3) is 5.91 Å². The van der Waals surface area contributed by atoms with Crippen molar-refractivity contribution in [1.82, 2.24) is 14.9 Å². The Morgan fingerprint density at radius 1 is 1.30 bits per heavy atom. The van der Waals surface area contributed by atoms with Crippen LogP contribution in [0.15, 0.2) is 24.5 Å². The molecule has 1 aromatic heterocycles. The maximum Gasteiger partial charge on any atom is 0.329 e. The van der Waals surface area contributed by atoms with Crippen molar-refractivity contribution in [2.75, 3.05) is 7.11 Å². The monoisotopic (exact) mass is 313 g/mol. The summed E-state index contributed by atoms with van der Waals surface area (Å²) >= 11 is 0. The maximum atomic E-state index is 12.9. The third-order valence-electron chi connectivity index (χ3n) is 4.39. The minimum Gasteiger partial charge on any atom is -0.467 e. The summed E-state index contributed by atoms with van der Waals surface area (Å²) in [6.07, 6.45) is 1.95. The molecular formula is C17H19N3O3. The fraction of sp³-hybridized carbons (Fsp3) is 0.353. The molecule has 0 bridgehead atoms. The summed E-state index contributed by atoms with van der Waals surface area (Å²) in [7, 11) is 1.33. The van der Waals surface area contributed by atoms with Crippen molar-refractivity contribution >= 4 is 11.9 Å². The Bertz CT molecular complexity index is 766. The van der Waals surface area contributed by atoms with Crippen LogP contribution in [0.4, 0.5) is 0 Å². The molecule has 1 aromatic carbocycles. The number of fused-ring (bicyclic) bond motifs is 1. The molecular weight excluding hydrogens is 294 g/mol. The molecule has 0 saturated heterocycles. The van der Waals surface area contributed by atoms with Crippen molar-refractivity contribution in [3.05, 3.63) is 52.6 Å². The van der Waals surface area contributed by atoms with E-state index in [4.69, 9.17) is 4.74 Å². The van der Waals surface area contributed by atoms with Gasteiger partial charge < -0.3 is 14.6 Å². The number of benzene rings is 1. The highest BCUT2D eigenvalue weighted by Crippen LogP contribution is 2.24. The average Bonchev–Trinajstić information content (AvgIpc) is 3.02. The Balaban J connectivity index is 1.96. The topological polar surface area (TPSA) is 75.3 Å². The number of hydrogen-bond acceptors (Lipinski definition) is 4. The van der Waals surface area contributed by atoms with E-state index in [1.807, 2.05) is 26.0 Å². The van der Waals surface area contributed by atoms with Crippen LogP contribution in [0, 0.1) is 13.8 Å². The lowest BCUT2D eigenvalue weighted by Crippen LogP contribution is -2.49. The normalized spacial score (nSPS) is 16.8.